The Labute approximate surface area is 231 Å². The first kappa shape index (κ1) is 30.1. The molecule has 0 aliphatic carbocycles. The first-order valence-corrected chi connectivity index (χ1v) is 13.1. The number of carboxylic acid groups (broad SMARTS) is 1. The lowest BCUT2D eigenvalue weighted by molar-refractivity contribution is -0.143. The van der Waals surface area contributed by atoms with E-state index in [9.17, 15) is 24.3 Å². The van der Waals surface area contributed by atoms with Gasteiger partial charge in [0.05, 0.1) is 12.4 Å². The van der Waals surface area contributed by atoms with Gasteiger partial charge < -0.3 is 42.8 Å². The first-order valence-electron chi connectivity index (χ1n) is 13.1. The fourth-order valence-electron chi connectivity index (χ4n) is 4.57. The molecule has 2 heterocycles. The highest BCUT2D eigenvalue weighted by molar-refractivity contribution is 5.94. The molecule has 14 nitrogen and oxygen atoms in total. The average Bonchev–Trinajstić information content (AvgIpc) is 3.62. The van der Waals surface area contributed by atoms with Gasteiger partial charge in [0.15, 0.2) is 5.96 Å². The number of aliphatic carboxylic acids is 1. The van der Waals surface area contributed by atoms with E-state index in [-0.39, 0.29) is 24.7 Å². The number of guanidine groups is 1. The van der Waals surface area contributed by atoms with Crippen molar-refractivity contribution >= 4 is 29.7 Å². The number of benzene rings is 1. The lowest BCUT2D eigenvalue weighted by Crippen LogP contribution is -2.57. The van der Waals surface area contributed by atoms with E-state index in [2.05, 4.69) is 25.6 Å². The highest BCUT2D eigenvalue weighted by atomic mass is 16.4. The summed E-state index contributed by atoms with van der Waals surface area (Å²) in [5.74, 6) is -2.79. The Balaban J connectivity index is 1.69. The van der Waals surface area contributed by atoms with Crippen LogP contribution in [0.4, 0.5) is 0 Å². The van der Waals surface area contributed by atoms with Crippen LogP contribution in [-0.2, 0) is 32.0 Å². The number of carbonyl (C=O) groups is 4. The maximum absolute atomic E-state index is 13.4. The maximum atomic E-state index is 13.4. The molecule has 0 bridgehead atoms. The Morgan fingerprint density at radius 2 is 1.88 bits per heavy atom. The van der Waals surface area contributed by atoms with Crippen LogP contribution in [0, 0.1) is 0 Å². The normalized spacial score (nSPS) is 16.9. The molecule has 1 aromatic carbocycles. The van der Waals surface area contributed by atoms with Gasteiger partial charge in [-0.05, 0) is 31.2 Å². The average molecular weight is 556 g/mol. The summed E-state index contributed by atoms with van der Waals surface area (Å²) in [4.78, 5) is 63.7. The molecule has 2 aromatic rings. The number of nitrogens with two attached hydrogens (primary N) is 3. The summed E-state index contributed by atoms with van der Waals surface area (Å²) in [6.45, 7) is 0.695. The van der Waals surface area contributed by atoms with Crippen LogP contribution in [-0.4, -0.2) is 86.9 Å². The van der Waals surface area contributed by atoms with Crippen molar-refractivity contribution in [1.82, 2.24) is 25.5 Å². The lowest BCUT2D eigenvalue weighted by atomic mass is 10.0. The number of carbonyl (C=O) groups excluding carboxylic acids is 3. The minimum absolute atomic E-state index is 0.0148. The van der Waals surface area contributed by atoms with Gasteiger partial charge in [-0.1, -0.05) is 30.3 Å². The van der Waals surface area contributed by atoms with Crippen molar-refractivity contribution in [2.24, 2.45) is 22.2 Å². The van der Waals surface area contributed by atoms with Crippen LogP contribution in [0.3, 0.4) is 0 Å². The van der Waals surface area contributed by atoms with Gasteiger partial charge in [-0.25, -0.2) is 9.78 Å². The van der Waals surface area contributed by atoms with Gasteiger partial charge in [-0.15, -0.1) is 0 Å². The van der Waals surface area contributed by atoms with Crippen LogP contribution in [0.5, 0.6) is 0 Å². The predicted molar refractivity (Wildman–Crippen MR) is 147 cm³/mol. The Morgan fingerprint density at radius 1 is 1.12 bits per heavy atom. The summed E-state index contributed by atoms with van der Waals surface area (Å²) in [5.41, 5.74) is 18.0. The lowest BCUT2D eigenvalue weighted by Gasteiger charge is -2.28. The van der Waals surface area contributed by atoms with E-state index in [4.69, 9.17) is 17.2 Å². The molecule has 1 aliphatic rings. The van der Waals surface area contributed by atoms with E-state index in [1.807, 2.05) is 6.07 Å². The molecule has 3 rings (SSSR count). The zero-order valence-electron chi connectivity index (χ0n) is 22.2. The zero-order valence-corrected chi connectivity index (χ0v) is 22.2. The van der Waals surface area contributed by atoms with Crippen molar-refractivity contribution in [3.8, 4) is 0 Å². The zero-order chi connectivity index (χ0) is 29.1. The van der Waals surface area contributed by atoms with Gasteiger partial charge in [-0.2, -0.15) is 0 Å². The minimum Gasteiger partial charge on any atom is -0.480 e. The van der Waals surface area contributed by atoms with Crippen LogP contribution in [0.1, 0.15) is 36.9 Å². The van der Waals surface area contributed by atoms with E-state index < -0.39 is 42.0 Å². The van der Waals surface area contributed by atoms with Gasteiger partial charge >= 0.3 is 5.97 Å². The monoisotopic (exact) mass is 555 g/mol. The summed E-state index contributed by atoms with van der Waals surface area (Å²) in [6.07, 6.45) is 4.85. The fourth-order valence-corrected chi connectivity index (χ4v) is 4.57. The number of hydrogen-bond acceptors (Lipinski definition) is 7. The Morgan fingerprint density at radius 3 is 2.52 bits per heavy atom. The van der Waals surface area contributed by atoms with Crippen LogP contribution in [0.2, 0.25) is 0 Å². The van der Waals surface area contributed by atoms with E-state index in [1.165, 1.54) is 17.4 Å². The summed E-state index contributed by atoms with van der Waals surface area (Å²) < 4.78 is 0. The molecule has 0 spiro atoms. The molecule has 1 aromatic heterocycles. The summed E-state index contributed by atoms with van der Waals surface area (Å²) in [6, 6.07) is 5.08. The molecular weight excluding hydrogens is 518 g/mol. The van der Waals surface area contributed by atoms with Crippen LogP contribution in [0.15, 0.2) is 47.8 Å². The van der Waals surface area contributed by atoms with Gasteiger partial charge in [-0.3, -0.25) is 19.4 Å². The minimum atomic E-state index is -1.25. The summed E-state index contributed by atoms with van der Waals surface area (Å²) in [5, 5.41) is 15.0. The predicted octanol–water partition coefficient (Wildman–Crippen LogP) is -1.38. The number of rotatable bonds is 14. The van der Waals surface area contributed by atoms with Crippen molar-refractivity contribution in [2.45, 2.75) is 62.7 Å². The third kappa shape index (κ3) is 8.80. The van der Waals surface area contributed by atoms with Crippen LogP contribution in [0.25, 0.3) is 0 Å². The largest absolute Gasteiger partial charge is 0.480 e. The number of hydrogen-bond donors (Lipinski definition) is 7. The summed E-state index contributed by atoms with van der Waals surface area (Å²) >= 11 is 0. The highest BCUT2D eigenvalue weighted by Gasteiger charge is 2.38. The molecule has 216 valence electrons. The van der Waals surface area contributed by atoms with Crippen molar-refractivity contribution in [1.29, 1.82) is 0 Å². The molecule has 3 amide bonds. The van der Waals surface area contributed by atoms with Crippen molar-refractivity contribution in [3.05, 3.63) is 54.1 Å². The Hall–Kier alpha value is -4.46. The second kappa shape index (κ2) is 14.6. The third-order valence-corrected chi connectivity index (χ3v) is 6.63. The van der Waals surface area contributed by atoms with E-state index in [0.717, 1.165) is 5.56 Å². The van der Waals surface area contributed by atoms with Crippen LogP contribution < -0.4 is 27.8 Å². The topological polar surface area (TPSA) is 235 Å². The smallest absolute Gasteiger partial charge is 0.326 e. The molecule has 1 aliphatic heterocycles. The van der Waals surface area contributed by atoms with E-state index >= 15 is 0 Å². The van der Waals surface area contributed by atoms with Gasteiger partial charge in [0.2, 0.25) is 17.7 Å². The molecule has 0 saturated carbocycles. The molecular formula is C26H37N9O5. The third-order valence-electron chi connectivity index (χ3n) is 6.63. The van der Waals surface area contributed by atoms with E-state index in [1.54, 1.807) is 24.3 Å². The van der Waals surface area contributed by atoms with Crippen molar-refractivity contribution < 1.29 is 24.3 Å². The number of nitrogens with one attached hydrogen (secondary N) is 3. The van der Waals surface area contributed by atoms with Gasteiger partial charge in [0, 0.05) is 37.8 Å². The molecule has 1 fully saturated rings. The van der Waals surface area contributed by atoms with Gasteiger partial charge in [0.1, 0.15) is 18.1 Å². The number of aromatic amines is 1. The van der Waals surface area contributed by atoms with Crippen LogP contribution >= 0.6 is 0 Å². The SMILES string of the molecule is NC(N)=NCCCC(N)C(=O)N1CCCC1C(=O)NC(Cc1ccccc1)C(=O)NC(Cc1cnc[nH]1)C(=O)O. The molecule has 1 saturated heterocycles. The quantitative estimate of drug-likeness (QED) is 0.0825. The maximum Gasteiger partial charge on any atom is 0.326 e. The fraction of sp³-hybridized carbons (Fsp3) is 0.462. The van der Waals surface area contributed by atoms with Gasteiger partial charge in [0.25, 0.3) is 0 Å². The second-order valence-corrected chi connectivity index (χ2v) is 9.68. The number of amides is 3. The molecule has 0 radical (unpaired) electrons. The molecule has 40 heavy (non-hydrogen) atoms. The number of likely N-dealkylation sites (tertiary alicyclic amines) is 1. The number of imidazole rings is 1. The molecule has 4 atom stereocenters. The molecule has 4 unspecified atom stereocenters. The van der Waals surface area contributed by atoms with E-state index in [0.29, 0.717) is 44.5 Å². The standard InChI is InChI=1S/C26H37N9O5/c27-18(8-4-10-31-26(28)29)24(38)35-11-5-9-21(35)23(37)33-19(12-16-6-2-1-3-7-16)22(36)34-20(25(39)40)13-17-14-30-15-32-17/h1-3,6-7,14-15,18-21H,4-5,8-13,27H2,(H,30,32)(H,33,37)(H,34,36)(H,39,40)(H4,28,29,31). The number of carboxylic acids is 1. The Bertz CT molecular complexity index is 1170. The summed E-state index contributed by atoms with van der Waals surface area (Å²) in [7, 11) is 0. The molecule has 10 N–H and O–H groups in total. The number of aromatic nitrogens is 2. The molecule has 14 heteroatoms. The number of H-pyrrole nitrogens is 1. The van der Waals surface area contributed by atoms with Crippen molar-refractivity contribution in [3.63, 3.8) is 0 Å². The highest BCUT2D eigenvalue weighted by Crippen LogP contribution is 2.20. The first-order chi connectivity index (χ1) is 19.2. The van der Waals surface area contributed by atoms with Crippen molar-refractivity contribution in [2.75, 3.05) is 13.1 Å². The number of nitrogens with zero attached hydrogens (tertiary/aromatic N) is 3. The second-order valence-electron chi connectivity index (χ2n) is 9.68. The number of aliphatic imine (C=N–C) groups is 1. The Kier molecular flexibility index (Phi) is 11.0.